The van der Waals surface area contributed by atoms with Crippen molar-refractivity contribution in [3.8, 4) is 5.75 Å². The summed E-state index contributed by atoms with van der Waals surface area (Å²) in [6, 6.07) is 13.2. The van der Waals surface area contributed by atoms with Gasteiger partial charge in [0.1, 0.15) is 18.3 Å². The lowest BCUT2D eigenvalue weighted by Crippen LogP contribution is -2.51. The van der Waals surface area contributed by atoms with Crippen LogP contribution in [-0.2, 0) is 26.2 Å². The second-order valence-corrected chi connectivity index (χ2v) is 12.7. The molecule has 0 heterocycles. The first-order valence-corrected chi connectivity index (χ1v) is 15.9. The number of nitro benzene ring substituents is 1. The van der Waals surface area contributed by atoms with E-state index in [0.29, 0.717) is 22.9 Å². The summed E-state index contributed by atoms with van der Waals surface area (Å²) in [4.78, 5) is 38.9. The lowest BCUT2D eigenvalue weighted by Gasteiger charge is -2.32. The molecule has 0 unspecified atom stereocenters. The number of anilines is 1. The molecule has 0 fully saturated rings. The number of methoxy groups -OCH3 is 1. The van der Waals surface area contributed by atoms with Gasteiger partial charge in [-0.2, -0.15) is 0 Å². The van der Waals surface area contributed by atoms with E-state index in [1.54, 1.807) is 19.1 Å². The molecular formula is C30H34Cl2N4O7S. The molecule has 1 atom stereocenters. The molecule has 0 saturated carbocycles. The molecule has 1 N–H and O–H groups in total. The smallest absolute Gasteiger partial charge is 0.273 e. The molecule has 0 aromatic heterocycles. The highest BCUT2D eigenvalue weighted by molar-refractivity contribution is 7.92. The first kappa shape index (κ1) is 34.6. The summed E-state index contributed by atoms with van der Waals surface area (Å²) >= 11 is 12.5. The Kier molecular flexibility index (Phi) is 12.0. The van der Waals surface area contributed by atoms with E-state index in [4.69, 9.17) is 27.9 Å². The van der Waals surface area contributed by atoms with Gasteiger partial charge in [-0.3, -0.25) is 24.0 Å². The Balaban J connectivity index is 2.09. The van der Waals surface area contributed by atoms with Crippen molar-refractivity contribution in [1.82, 2.24) is 10.2 Å². The van der Waals surface area contributed by atoms with Crippen molar-refractivity contribution in [2.45, 2.75) is 51.1 Å². The lowest BCUT2D eigenvalue weighted by atomic mass is 10.1. The standard InChI is InChI=1S/C30H34Cl2N4O7S/c1-5-6-15-33-30(38)21(3)34(18-22-8-9-23(31)16-27(22)32)29(37)19-35(24-10-12-25(43-4)13-11-24)44(41,42)26-14-7-20(2)28(17-26)36(39)40/h7-14,16-17,21H,5-6,15,18-19H2,1-4H3,(H,33,38)/t21-/m0/s1. The molecule has 3 rings (SSSR count). The second kappa shape index (κ2) is 15.2. The number of benzene rings is 3. The highest BCUT2D eigenvalue weighted by atomic mass is 35.5. The minimum absolute atomic E-state index is 0.104. The van der Waals surface area contributed by atoms with Gasteiger partial charge < -0.3 is 15.0 Å². The molecule has 0 bridgehead atoms. The van der Waals surface area contributed by atoms with E-state index in [1.807, 2.05) is 6.92 Å². The van der Waals surface area contributed by atoms with Crippen LogP contribution in [0.4, 0.5) is 11.4 Å². The van der Waals surface area contributed by atoms with Crippen LogP contribution >= 0.6 is 23.2 Å². The first-order valence-electron chi connectivity index (χ1n) is 13.7. The van der Waals surface area contributed by atoms with Crippen LogP contribution in [0.2, 0.25) is 10.0 Å². The molecule has 0 spiro atoms. The maximum Gasteiger partial charge on any atom is 0.273 e. The van der Waals surface area contributed by atoms with Crippen LogP contribution in [0.3, 0.4) is 0 Å². The summed E-state index contributed by atoms with van der Waals surface area (Å²) in [7, 11) is -3.08. The van der Waals surface area contributed by atoms with Crippen LogP contribution in [-0.4, -0.2) is 56.3 Å². The Hall–Kier alpha value is -3.87. The number of nitrogens with zero attached hydrogens (tertiary/aromatic N) is 3. The van der Waals surface area contributed by atoms with Crippen LogP contribution in [0.1, 0.15) is 37.8 Å². The molecule has 0 aliphatic rings. The number of carbonyl (C=O) groups excluding carboxylic acids is 2. The Bertz CT molecular complexity index is 1620. The average Bonchev–Trinajstić information content (AvgIpc) is 2.99. The SMILES string of the molecule is CCCCNC(=O)[C@H](C)N(Cc1ccc(Cl)cc1Cl)C(=O)CN(c1ccc(OC)cc1)S(=O)(=O)c1ccc(C)c([N+](=O)[O-])c1. The van der Waals surface area contributed by atoms with Crippen molar-refractivity contribution < 1.29 is 27.7 Å². The largest absolute Gasteiger partial charge is 0.497 e. The van der Waals surface area contributed by atoms with Gasteiger partial charge >= 0.3 is 0 Å². The number of sulfonamides is 1. The van der Waals surface area contributed by atoms with Gasteiger partial charge in [0, 0.05) is 34.8 Å². The zero-order valence-corrected chi connectivity index (χ0v) is 27.1. The van der Waals surface area contributed by atoms with Crippen LogP contribution in [0.25, 0.3) is 0 Å². The molecule has 44 heavy (non-hydrogen) atoms. The van der Waals surface area contributed by atoms with Crippen molar-refractivity contribution in [3.63, 3.8) is 0 Å². The normalized spacial score (nSPS) is 11.9. The molecular weight excluding hydrogens is 631 g/mol. The van der Waals surface area contributed by atoms with Gasteiger partial charge in [-0.25, -0.2) is 8.42 Å². The fourth-order valence-electron chi connectivity index (χ4n) is 4.30. The molecule has 3 aromatic carbocycles. The van der Waals surface area contributed by atoms with Crippen LogP contribution in [0.5, 0.6) is 5.75 Å². The summed E-state index contributed by atoms with van der Waals surface area (Å²) < 4.78 is 34.1. The summed E-state index contributed by atoms with van der Waals surface area (Å²) in [6.07, 6.45) is 1.59. The van der Waals surface area contributed by atoms with Gasteiger partial charge in [0.15, 0.2) is 0 Å². The quantitative estimate of drug-likeness (QED) is 0.132. The van der Waals surface area contributed by atoms with Gasteiger partial charge in [-0.1, -0.05) is 48.7 Å². The fourth-order valence-corrected chi connectivity index (χ4v) is 6.21. The third-order valence-electron chi connectivity index (χ3n) is 6.96. The highest BCUT2D eigenvalue weighted by Crippen LogP contribution is 2.30. The second-order valence-electron chi connectivity index (χ2n) is 9.99. The zero-order valence-electron chi connectivity index (χ0n) is 24.7. The summed E-state index contributed by atoms with van der Waals surface area (Å²) in [5, 5.41) is 15.1. The number of nitrogens with one attached hydrogen (secondary N) is 1. The van der Waals surface area contributed by atoms with E-state index < -0.39 is 39.3 Å². The Morgan fingerprint density at radius 3 is 2.34 bits per heavy atom. The number of halogens is 2. The topological polar surface area (TPSA) is 139 Å². The Morgan fingerprint density at radius 1 is 1.07 bits per heavy atom. The zero-order chi connectivity index (χ0) is 32.6. The number of ether oxygens (including phenoxy) is 1. The molecule has 0 aliphatic carbocycles. The highest BCUT2D eigenvalue weighted by Gasteiger charge is 2.33. The van der Waals surface area contributed by atoms with E-state index in [1.165, 1.54) is 61.4 Å². The predicted molar refractivity (Wildman–Crippen MR) is 170 cm³/mol. The number of hydrogen-bond donors (Lipinski definition) is 1. The summed E-state index contributed by atoms with van der Waals surface area (Å²) in [5.41, 5.74) is 0.482. The number of nitro groups is 1. The van der Waals surface area contributed by atoms with Crippen LogP contribution < -0.4 is 14.4 Å². The van der Waals surface area contributed by atoms with Crippen molar-refractivity contribution >= 4 is 56.4 Å². The van der Waals surface area contributed by atoms with Gasteiger partial charge in [0.2, 0.25) is 11.8 Å². The van der Waals surface area contributed by atoms with Gasteiger partial charge in [0.25, 0.3) is 15.7 Å². The van der Waals surface area contributed by atoms with E-state index in [2.05, 4.69) is 5.32 Å². The molecule has 3 aromatic rings. The maximum absolute atomic E-state index is 14.1. The van der Waals surface area contributed by atoms with Gasteiger partial charge in [-0.15, -0.1) is 0 Å². The van der Waals surface area contributed by atoms with Crippen molar-refractivity contribution in [2.75, 3.05) is 24.5 Å². The molecule has 0 aliphatic heterocycles. The maximum atomic E-state index is 14.1. The number of hydrogen-bond acceptors (Lipinski definition) is 7. The summed E-state index contributed by atoms with van der Waals surface area (Å²) in [6.45, 7) is 4.56. The lowest BCUT2D eigenvalue weighted by molar-refractivity contribution is -0.385. The number of aryl methyl sites for hydroxylation is 1. The Morgan fingerprint density at radius 2 is 1.75 bits per heavy atom. The number of amides is 2. The molecule has 0 saturated heterocycles. The first-order chi connectivity index (χ1) is 20.8. The van der Waals surface area contributed by atoms with E-state index >= 15 is 0 Å². The van der Waals surface area contributed by atoms with Crippen LogP contribution in [0, 0.1) is 17.0 Å². The van der Waals surface area contributed by atoms with Gasteiger partial charge in [-0.05, 0) is 68.3 Å². The van der Waals surface area contributed by atoms with Crippen LogP contribution in [0.15, 0.2) is 65.6 Å². The average molecular weight is 666 g/mol. The molecule has 11 nitrogen and oxygen atoms in total. The third-order valence-corrected chi connectivity index (χ3v) is 9.31. The minimum Gasteiger partial charge on any atom is -0.497 e. The minimum atomic E-state index is -4.53. The molecule has 236 valence electrons. The third kappa shape index (κ3) is 8.40. The van der Waals surface area contributed by atoms with Crippen molar-refractivity contribution in [2.24, 2.45) is 0 Å². The molecule has 14 heteroatoms. The number of rotatable bonds is 14. The summed E-state index contributed by atoms with van der Waals surface area (Å²) in [5.74, 6) is -0.695. The fraction of sp³-hybridized carbons (Fsp3) is 0.333. The molecule has 0 radical (unpaired) electrons. The molecule has 2 amide bonds. The number of unbranched alkanes of at least 4 members (excludes halogenated alkanes) is 1. The monoisotopic (exact) mass is 664 g/mol. The Labute approximate surface area is 266 Å². The van der Waals surface area contributed by atoms with Crippen molar-refractivity contribution in [1.29, 1.82) is 0 Å². The van der Waals surface area contributed by atoms with E-state index in [-0.39, 0.29) is 33.4 Å². The van der Waals surface area contributed by atoms with Crippen molar-refractivity contribution in [3.05, 3.63) is 92.0 Å². The van der Waals surface area contributed by atoms with E-state index in [0.717, 1.165) is 23.2 Å². The number of carbonyl (C=O) groups is 2. The van der Waals surface area contributed by atoms with E-state index in [9.17, 15) is 28.1 Å². The predicted octanol–water partition coefficient (Wildman–Crippen LogP) is 5.75. The van der Waals surface area contributed by atoms with Gasteiger partial charge in [0.05, 0.1) is 22.6 Å².